The Morgan fingerprint density at radius 1 is 1.12 bits per heavy atom. The fourth-order valence-electron chi connectivity index (χ4n) is 2.41. The van der Waals surface area contributed by atoms with Gasteiger partial charge >= 0.3 is 6.09 Å². The standard InChI is InChI=1S/C20H28N2O2/c1-5-6-13-22(19(23)24-20(2,3)4)16-17-9-11-18(12-10-17)21-14-7-8-15-21/h7-12,14-15H,5-6,13,16H2,1-4H3. The minimum Gasteiger partial charge on any atom is -0.444 e. The molecular formula is C20H28N2O2. The molecule has 4 heteroatoms. The number of benzene rings is 1. The Hall–Kier alpha value is -2.23. The number of unbranched alkanes of at least 4 members (excludes halogenated alkanes) is 1. The van der Waals surface area contributed by atoms with Crippen molar-refractivity contribution in [2.75, 3.05) is 6.54 Å². The van der Waals surface area contributed by atoms with Gasteiger partial charge in [0.15, 0.2) is 0 Å². The largest absolute Gasteiger partial charge is 0.444 e. The van der Waals surface area contributed by atoms with E-state index in [2.05, 4.69) is 35.8 Å². The zero-order valence-electron chi connectivity index (χ0n) is 15.2. The molecule has 0 bridgehead atoms. The Morgan fingerprint density at radius 3 is 2.29 bits per heavy atom. The van der Waals surface area contributed by atoms with Crippen LogP contribution in [-0.4, -0.2) is 27.7 Å². The number of carbonyl (C=O) groups is 1. The summed E-state index contributed by atoms with van der Waals surface area (Å²) >= 11 is 0. The van der Waals surface area contributed by atoms with Crippen LogP contribution >= 0.6 is 0 Å². The van der Waals surface area contributed by atoms with Gasteiger partial charge in [-0.05, 0) is 57.0 Å². The molecule has 1 aromatic heterocycles. The molecular weight excluding hydrogens is 300 g/mol. The van der Waals surface area contributed by atoms with E-state index in [9.17, 15) is 4.79 Å². The number of rotatable bonds is 6. The summed E-state index contributed by atoms with van der Waals surface area (Å²) in [4.78, 5) is 14.2. The highest BCUT2D eigenvalue weighted by molar-refractivity contribution is 5.68. The van der Waals surface area contributed by atoms with Crippen molar-refractivity contribution in [3.8, 4) is 5.69 Å². The van der Waals surface area contributed by atoms with Gasteiger partial charge in [0.2, 0.25) is 0 Å². The predicted octanol–water partition coefficient (Wildman–Crippen LogP) is 5.01. The van der Waals surface area contributed by atoms with E-state index in [0.717, 1.165) is 24.1 Å². The third-order valence-corrected chi connectivity index (χ3v) is 3.65. The molecule has 130 valence electrons. The van der Waals surface area contributed by atoms with Gasteiger partial charge in [0, 0.05) is 31.2 Å². The molecule has 0 spiro atoms. The molecule has 1 aromatic carbocycles. The van der Waals surface area contributed by atoms with Gasteiger partial charge in [-0.3, -0.25) is 0 Å². The summed E-state index contributed by atoms with van der Waals surface area (Å²) < 4.78 is 7.60. The van der Waals surface area contributed by atoms with Crippen LogP contribution in [0.5, 0.6) is 0 Å². The molecule has 0 N–H and O–H groups in total. The molecule has 4 nitrogen and oxygen atoms in total. The maximum absolute atomic E-state index is 12.4. The Balaban J connectivity index is 2.06. The van der Waals surface area contributed by atoms with E-state index < -0.39 is 5.60 Å². The minimum absolute atomic E-state index is 0.245. The molecule has 1 amide bonds. The van der Waals surface area contributed by atoms with Gasteiger partial charge in [-0.25, -0.2) is 4.79 Å². The molecule has 2 aromatic rings. The molecule has 1 heterocycles. The average molecular weight is 328 g/mol. The lowest BCUT2D eigenvalue weighted by atomic mass is 10.2. The van der Waals surface area contributed by atoms with E-state index in [1.807, 2.05) is 45.3 Å². The molecule has 0 aliphatic carbocycles. The smallest absolute Gasteiger partial charge is 0.410 e. The number of nitrogens with zero attached hydrogens (tertiary/aromatic N) is 2. The Kier molecular flexibility index (Phi) is 6.07. The lowest BCUT2D eigenvalue weighted by Crippen LogP contribution is -2.37. The monoisotopic (exact) mass is 328 g/mol. The Labute approximate surface area is 145 Å². The quantitative estimate of drug-likeness (QED) is 0.746. The highest BCUT2D eigenvalue weighted by Crippen LogP contribution is 2.15. The maximum Gasteiger partial charge on any atom is 0.410 e. The number of aromatic nitrogens is 1. The first-order valence-corrected chi connectivity index (χ1v) is 8.59. The van der Waals surface area contributed by atoms with Crippen LogP contribution in [-0.2, 0) is 11.3 Å². The van der Waals surface area contributed by atoms with Gasteiger partial charge in [-0.2, -0.15) is 0 Å². The van der Waals surface area contributed by atoms with E-state index in [0.29, 0.717) is 13.1 Å². The number of carbonyl (C=O) groups excluding carboxylic acids is 1. The minimum atomic E-state index is -0.472. The van der Waals surface area contributed by atoms with Crippen LogP contribution in [0.15, 0.2) is 48.8 Å². The summed E-state index contributed by atoms with van der Waals surface area (Å²) in [6, 6.07) is 12.3. The second kappa shape index (κ2) is 8.04. The lowest BCUT2D eigenvalue weighted by molar-refractivity contribution is 0.0231. The van der Waals surface area contributed by atoms with Crippen LogP contribution in [0.3, 0.4) is 0 Å². The topological polar surface area (TPSA) is 34.5 Å². The van der Waals surface area contributed by atoms with Crippen molar-refractivity contribution in [3.63, 3.8) is 0 Å². The van der Waals surface area contributed by atoms with E-state index in [1.54, 1.807) is 4.90 Å². The first-order valence-electron chi connectivity index (χ1n) is 8.59. The Morgan fingerprint density at radius 2 is 1.75 bits per heavy atom. The predicted molar refractivity (Wildman–Crippen MR) is 97.3 cm³/mol. The van der Waals surface area contributed by atoms with Gasteiger partial charge in [-0.15, -0.1) is 0 Å². The second-order valence-corrected chi connectivity index (χ2v) is 7.01. The van der Waals surface area contributed by atoms with Crippen LogP contribution in [0.2, 0.25) is 0 Å². The van der Waals surface area contributed by atoms with E-state index in [4.69, 9.17) is 4.74 Å². The first kappa shape index (κ1) is 18.1. The molecule has 0 saturated heterocycles. The van der Waals surface area contributed by atoms with E-state index in [1.165, 1.54) is 0 Å². The van der Waals surface area contributed by atoms with Gasteiger partial charge in [0.05, 0.1) is 0 Å². The first-order chi connectivity index (χ1) is 11.4. The molecule has 0 radical (unpaired) electrons. The van der Waals surface area contributed by atoms with Crippen LogP contribution < -0.4 is 0 Å². The van der Waals surface area contributed by atoms with Gasteiger partial charge in [-0.1, -0.05) is 25.5 Å². The van der Waals surface area contributed by atoms with Crippen molar-refractivity contribution < 1.29 is 9.53 Å². The number of amides is 1. The van der Waals surface area contributed by atoms with Crippen molar-refractivity contribution in [1.29, 1.82) is 0 Å². The van der Waals surface area contributed by atoms with E-state index in [-0.39, 0.29) is 6.09 Å². The molecule has 0 atom stereocenters. The summed E-state index contributed by atoms with van der Waals surface area (Å²) in [7, 11) is 0. The zero-order chi connectivity index (χ0) is 17.6. The van der Waals surface area contributed by atoms with Crippen LogP contribution in [0.25, 0.3) is 5.69 Å². The third-order valence-electron chi connectivity index (χ3n) is 3.65. The summed E-state index contributed by atoms with van der Waals surface area (Å²) in [6.45, 7) is 9.10. The van der Waals surface area contributed by atoms with Crippen LogP contribution in [0.4, 0.5) is 4.79 Å². The number of ether oxygens (including phenoxy) is 1. The highest BCUT2D eigenvalue weighted by atomic mass is 16.6. The van der Waals surface area contributed by atoms with Crippen molar-refractivity contribution in [1.82, 2.24) is 9.47 Å². The third kappa shape index (κ3) is 5.44. The summed E-state index contributed by atoms with van der Waals surface area (Å²) in [5.41, 5.74) is 1.74. The van der Waals surface area contributed by atoms with Crippen molar-refractivity contribution in [3.05, 3.63) is 54.4 Å². The molecule has 2 rings (SSSR count). The zero-order valence-corrected chi connectivity index (χ0v) is 15.2. The SMILES string of the molecule is CCCCN(Cc1ccc(-n2cccc2)cc1)C(=O)OC(C)(C)C. The molecule has 0 unspecified atom stereocenters. The Bertz CT molecular complexity index is 625. The lowest BCUT2D eigenvalue weighted by Gasteiger charge is -2.27. The van der Waals surface area contributed by atoms with Gasteiger partial charge in [0.25, 0.3) is 0 Å². The maximum atomic E-state index is 12.4. The average Bonchev–Trinajstić information content (AvgIpc) is 3.04. The fraction of sp³-hybridized carbons (Fsp3) is 0.450. The molecule has 0 fully saturated rings. The molecule has 24 heavy (non-hydrogen) atoms. The van der Waals surface area contributed by atoms with Crippen molar-refractivity contribution in [2.45, 2.75) is 52.7 Å². The highest BCUT2D eigenvalue weighted by Gasteiger charge is 2.21. The number of hydrogen-bond acceptors (Lipinski definition) is 2. The van der Waals surface area contributed by atoms with Crippen molar-refractivity contribution >= 4 is 6.09 Å². The second-order valence-electron chi connectivity index (χ2n) is 7.01. The van der Waals surface area contributed by atoms with Crippen LogP contribution in [0.1, 0.15) is 46.1 Å². The molecule has 0 aliphatic rings. The summed E-state index contributed by atoms with van der Waals surface area (Å²) in [5, 5.41) is 0. The normalized spacial score (nSPS) is 11.3. The van der Waals surface area contributed by atoms with Gasteiger partial charge in [0.1, 0.15) is 5.60 Å². The van der Waals surface area contributed by atoms with Crippen LogP contribution in [0, 0.1) is 0 Å². The van der Waals surface area contributed by atoms with E-state index >= 15 is 0 Å². The fourth-order valence-corrected chi connectivity index (χ4v) is 2.41. The summed E-state index contributed by atoms with van der Waals surface area (Å²) in [6.07, 6.45) is 5.81. The van der Waals surface area contributed by atoms with Crippen molar-refractivity contribution in [2.24, 2.45) is 0 Å². The molecule has 0 aliphatic heterocycles. The number of hydrogen-bond donors (Lipinski definition) is 0. The summed E-state index contributed by atoms with van der Waals surface area (Å²) in [5.74, 6) is 0. The molecule has 0 saturated carbocycles. The van der Waals surface area contributed by atoms with Gasteiger partial charge < -0.3 is 14.2 Å².